The van der Waals surface area contributed by atoms with Gasteiger partial charge in [0, 0.05) is 0 Å². The molecule has 0 saturated carbocycles. The van der Waals surface area contributed by atoms with Gasteiger partial charge in [0.25, 0.3) is 0 Å². The van der Waals surface area contributed by atoms with Gasteiger partial charge in [0.05, 0.1) is 11.1 Å². The average molecular weight is 272 g/mol. The lowest BCUT2D eigenvalue weighted by Crippen LogP contribution is -2.32. The summed E-state index contributed by atoms with van der Waals surface area (Å²) in [6.45, 7) is 0. The molecule has 1 heterocycles. The largest absolute Gasteiger partial charge is 0.268 e. The van der Waals surface area contributed by atoms with E-state index in [2.05, 4.69) is 15.5 Å². The predicted octanol–water partition coefficient (Wildman–Crippen LogP) is 1.01. The molecule has 0 spiro atoms. The summed E-state index contributed by atoms with van der Waals surface area (Å²) >= 11 is 5.97. The third kappa shape index (κ3) is 2.48. The molecule has 1 aromatic rings. The van der Waals surface area contributed by atoms with Crippen molar-refractivity contribution >= 4 is 34.0 Å². The monoisotopic (exact) mass is 271 g/mol. The molecular formula is C10H10ClN3O2S. The number of hydrogen-bond acceptors (Lipinski definition) is 5. The predicted molar refractivity (Wildman–Crippen MR) is 67.2 cm³/mol. The minimum absolute atomic E-state index is 0.183. The Hall–Kier alpha value is -1.40. The molecule has 17 heavy (non-hydrogen) atoms. The SMILES string of the molecule is O=S(=O)(c1ccccc1)C(Cl)C1C=NNC=N1. The molecule has 1 N–H and O–H groups in total. The number of halogens is 1. The Kier molecular flexibility index (Phi) is 3.44. The van der Waals surface area contributed by atoms with Crippen LogP contribution in [0.2, 0.25) is 0 Å². The molecule has 0 amide bonds. The Balaban J connectivity index is 2.30. The third-order valence-electron chi connectivity index (χ3n) is 2.24. The Morgan fingerprint density at radius 2 is 2.00 bits per heavy atom. The van der Waals surface area contributed by atoms with Gasteiger partial charge in [0.15, 0.2) is 14.5 Å². The molecule has 2 rings (SSSR count). The molecule has 0 radical (unpaired) electrons. The first-order valence-corrected chi connectivity index (χ1v) is 6.84. The summed E-state index contributed by atoms with van der Waals surface area (Å²) in [7, 11) is -3.61. The van der Waals surface area contributed by atoms with Gasteiger partial charge >= 0.3 is 0 Å². The van der Waals surface area contributed by atoms with Gasteiger partial charge in [-0.25, -0.2) is 8.42 Å². The maximum atomic E-state index is 12.1. The number of benzene rings is 1. The van der Waals surface area contributed by atoms with E-state index in [0.29, 0.717) is 0 Å². The van der Waals surface area contributed by atoms with Crippen LogP contribution in [0.4, 0.5) is 0 Å². The second kappa shape index (κ2) is 4.85. The molecule has 90 valence electrons. The molecule has 2 unspecified atom stereocenters. The van der Waals surface area contributed by atoms with Crippen molar-refractivity contribution in [3.05, 3.63) is 30.3 Å². The summed E-state index contributed by atoms with van der Waals surface area (Å²) in [5.41, 5.74) is 2.49. The van der Waals surface area contributed by atoms with E-state index in [4.69, 9.17) is 11.6 Å². The lowest BCUT2D eigenvalue weighted by Gasteiger charge is -2.16. The molecular weight excluding hydrogens is 262 g/mol. The van der Waals surface area contributed by atoms with E-state index in [1.807, 2.05) is 0 Å². The van der Waals surface area contributed by atoms with Crippen LogP contribution in [0, 0.1) is 0 Å². The summed E-state index contributed by atoms with van der Waals surface area (Å²) in [6, 6.07) is 7.38. The number of sulfone groups is 1. The first-order chi connectivity index (χ1) is 8.12. The number of nitrogens with zero attached hydrogens (tertiary/aromatic N) is 2. The molecule has 0 fully saturated rings. The van der Waals surface area contributed by atoms with Gasteiger partial charge in [-0.3, -0.25) is 10.4 Å². The second-order valence-corrected chi connectivity index (χ2v) is 6.18. The van der Waals surface area contributed by atoms with Crippen molar-refractivity contribution in [1.82, 2.24) is 5.43 Å². The van der Waals surface area contributed by atoms with Crippen LogP contribution >= 0.6 is 11.6 Å². The summed E-state index contributed by atoms with van der Waals surface area (Å²) in [6.07, 6.45) is 2.69. The highest BCUT2D eigenvalue weighted by atomic mass is 35.5. The number of hydrazone groups is 1. The molecule has 0 saturated heterocycles. The van der Waals surface area contributed by atoms with Crippen molar-refractivity contribution in [1.29, 1.82) is 0 Å². The number of rotatable bonds is 3. The molecule has 2 atom stereocenters. The van der Waals surface area contributed by atoms with Crippen molar-refractivity contribution in [2.45, 2.75) is 15.6 Å². The van der Waals surface area contributed by atoms with Crippen molar-refractivity contribution in [3.8, 4) is 0 Å². The van der Waals surface area contributed by atoms with Crippen LogP contribution in [0.3, 0.4) is 0 Å². The summed E-state index contributed by atoms with van der Waals surface area (Å²) < 4.78 is 23.1. The van der Waals surface area contributed by atoms with Crippen LogP contribution in [-0.2, 0) is 9.84 Å². The smallest absolute Gasteiger partial charge is 0.197 e. The number of nitrogens with one attached hydrogen (secondary N) is 1. The van der Waals surface area contributed by atoms with E-state index >= 15 is 0 Å². The topological polar surface area (TPSA) is 70.9 Å². The normalized spacial score (nSPS) is 20.9. The van der Waals surface area contributed by atoms with Crippen LogP contribution < -0.4 is 5.43 Å². The highest BCUT2D eigenvalue weighted by molar-refractivity contribution is 7.93. The van der Waals surface area contributed by atoms with Gasteiger partial charge in [0.1, 0.15) is 12.4 Å². The number of alkyl halides is 1. The van der Waals surface area contributed by atoms with E-state index in [1.165, 1.54) is 24.7 Å². The van der Waals surface area contributed by atoms with Gasteiger partial charge < -0.3 is 0 Å². The third-order valence-corrected chi connectivity index (χ3v) is 5.01. The molecule has 1 aliphatic heterocycles. The molecule has 0 bridgehead atoms. The zero-order valence-corrected chi connectivity index (χ0v) is 10.3. The van der Waals surface area contributed by atoms with Crippen molar-refractivity contribution in [2.75, 3.05) is 0 Å². The Morgan fingerprint density at radius 1 is 1.29 bits per heavy atom. The highest BCUT2D eigenvalue weighted by Crippen LogP contribution is 2.22. The zero-order chi connectivity index (χ0) is 12.3. The van der Waals surface area contributed by atoms with E-state index < -0.39 is 20.6 Å². The van der Waals surface area contributed by atoms with Crippen LogP contribution in [-0.4, -0.2) is 31.7 Å². The van der Waals surface area contributed by atoms with Gasteiger partial charge in [0.2, 0.25) is 0 Å². The molecule has 7 heteroatoms. The van der Waals surface area contributed by atoms with Crippen LogP contribution in [0.25, 0.3) is 0 Å². The Labute approximate surface area is 104 Å². The first-order valence-electron chi connectivity index (χ1n) is 4.86. The van der Waals surface area contributed by atoms with E-state index in [1.54, 1.807) is 18.2 Å². The first kappa shape index (κ1) is 12.1. The van der Waals surface area contributed by atoms with Gasteiger partial charge in [-0.05, 0) is 12.1 Å². The van der Waals surface area contributed by atoms with Gasteiger partial charge in [-0.1, -0.05) is 18.2 Å². The van der Waals surface area contributed by atoms with Crippen LogP contribution in [0.1, 0.15) is 0 Å². The van der Waals surface area contributed by atoms with E-state index in [9.17, 15) is 8.42 Å². The number of hydrogen-bond donors (Lipinski definition) is 1. The summed E-state index contributed by atoms with van der Waals surface area (Å²) in [5.74, 6) is 0. The van der Waals surface area contributed by atoms with E-state index in [0.717, 1.165) is 0 Å². The van der Waals surface area contributed by atoms with Crippen molar-refractivity contribution < 1.29 is 8.42 Å². The number of aliphatic imine (C=N–C) groups is 1. The molecule has 0 aliphatic carbocycles. The highest BCUT2D eigenvalue weighted by Gasteiger charge is 2.32. The molecule has 5 nitrogen and oxygen atoms in total. The standard InChI is InChI=1S/C10H10ClN3O2S/c11-10(9-6-13-14-7-12-9)17(15,16)8-4-2-1-3-5-8/h1-7,9-10H,(H,12,14). The fraction of sp³-hybridized carbons (Fsp3) is 0.200. The van der Waals surface area contributed by atoms with Gasteiger partial charge in [-0.2, -0.15) is 5.10 Å². The fourth-order valence-electron chi connectivity index (χ4n) is 1.37. The Bertz CT molecular complexity index is 530. The molecule has 0 aromatic heterocycles. The maximum Gasteiger partial charge on any atom is 0.197 e. The van der Waals surface area contributed by atoms with Crippen LogP contribution in [0.15, 0.2) is 45.3 Å². The minimum atomic E-state index is -3.61. The average Bonchev–Trinajstić information content (AvgIpc) is 2.40. The second-order valence-electron chi connectivity index (χ2n) is 3.39. The van der Waals surface area contributed by atoms with Crippen LogP contribution in [0.5, 0.6) is 0 Å². The summed E-state index contributed by atoms with van der Waals surface area (Å²) in [5, 5.41) is 3.71. The quantitative estimate of drug-likeness (QED) is 0.834. The van der Waals surface area contributed by atoms with Gasteiger partial charge in [-0.15, -0.1) is 11.6 Å². The fourth-order valence-corrected chi connectivity index (χ4v) is 3.11. The zero-order valence-electron chi connectivity index (χ0n) is 8.69. The molecule has 1 aromatic carbocycles. The van der Waals surface area contributed by atoms with Crippen molar-refractivity contribution in [3.63, 3.8) is 0 Å². The minimum Gasteiger partial charge on any atom is -0.268 e. The maximum absolute atomic E-state index is 12.1. The summed E-state index contributed by atoms with van der Waals surface area (Å²) in [4.78, 5) is 4.11. The lowest BCUT2D eigenvalue weighted by molar-refractivity contribution is 0.589. The van der Waals surface area contributed by atoms with Crippen molar-refractivity contribution in [2.24, 2.45) is 10.1 Å². The van der Waals surface area contributed by atoms with E-state index in [-0.39, 0.29) is 4.90 Å². The lowest BCUT2D eigenvalue weighted by atomic mass is 10.4. The molecule has 1 aliphatic rings. The Morgan fingerprint density at radius 3 is 2.59 bits per heavy atom.